The minimum atomic E-state index is 0.224. The van der Waals surface area contributed by atoms with Crippen molar-refractivity contribution in [3.63, 3.8) is 0 Å². The number of hydrogen-bond donors (Lipinski definition) is 0. The van der Waals surface area contributed by atoms with Crippen LogP contribution in [0.4, 0.5) is 0 Å². The molecule has 0 aromatic carbocycles. The second-order valence-corrected chi connectivity index (χ2v) is 4.64. The Morgan fingerprint density at radius 1 is 1.20 bits per heavy atom. The van der Waals surface area contributed by atoms with Crippen LogP contribution in [0.25, 0.3) is 0 Å². The lowest BCUT2D eigenvalue weighted by Crippen LogP contribution is -2.43. The first kappa shape index (κ1) is 12.5. The number of hydrogen-bond acceptors (Lipinski definition) is 2. The van der Waals surface area contributed by atoms with E-state index in [9.17, 15) is 4.79 Å². The van der Waals surface area contributed by atoms with Crippen molar-refractivity contribution in [2.24, 2.45) is 0 Å². The molecular weight excluding hydrogens is 188 g/mol. The van der Waals surface area contributed by atoms with Crippen LogP contribution in [0.2, 0.25) is 0 Å². The maximum Gasteiger partial charge on any atom is 0.236 e. The molecule has 0 atom stereocenters. The summed E-state index contributed by atoms with van der Waals surface area (Å²) in [6, 6.07) is 0.646. The zero-order chi connectivity index (χ0) is 11.3. The van der Waals surface area contributed by atoms with E-state index in [4.69, 9.17) is 0 Å². The Kier molecular flexibility index (Phi) is 5.09. The predicted molar refractivity (Wildman–Crippen MR) is 62.8 cm³/mol. The number of rotatable bonds is 4. The van der Waals surface area contributed by atoms with Crippen LogP contribution in [0.5, 0.6) is 0 Å². The van der Waals surface area contributed by atoms with E-state index in [-0.39, 0.29) is 5.91 Å². The van der Waals surface area contributed by atoms with Gasteiger partial charge in [-0.15, -0.1) is 0 Å². The van der Waals surface area contributed by atoms with Gasteiger partial charge in [-0.25, -0.2) is 0 Å². The van der Waals surface area contributed by atoms with Gasteiger partial charge < -0.3 is 4.90 Å². The van der Waals surface area contributed by atoms with Crippen LogP contribution in [0, 0.1) is 0 Å². The summed E-state index contributed by atoms with van der Waals surface area (Å²) in [4.78, 5) is 15.7. The van der Waals surface area contributed by atoms with Crippen molar-refractivity contribution in [3.05, 3.63) is 0 Å². The fourth-order valence-electron chi connectivity index (χ4n) is 2.26. The van der Waals surface area contributed by atoms with Crippen LogP contribution in [0.1, 0.15) is 39.0 Å². The molecule has 0 aliphatic heterocycles. The van der Waals surface area contributed by atoms with Crippen molar-refractivity contribution in [2.45, 2.75) is 45.1 Å². The number of amides is 1. The fraction of sp³-hybridized carbons (Fsp3) is 0.917. The summed E-state index contributed by atoms with van der Waals surface area (Å²) < 4.78 is 0. The highest BCUT2D eigenvalue weighted by atomic mass is 16.2. The smallest absolute Gasteiger partial charge is 0.236 e. The normalized spacial score (nSPS) is 18.1. The summed E-state index contributed by atoms with van der Waals surface area (Å²) in [7, 11) is 3.66. The fourth-order valence-corrected chi connectivity index (χ4v) is 2.26. The third-order valence-electron chi connectivity index (χ3n) is 3.33. The van der Waals surface area contributed by atoms with Crippen molar-refractivity contribution in [2.75, 3.05) is 27.2 Å². The minimum Gasteiger partial charge on any atom is -0.348 e. The van der Waals surface area contributed by atoms with Gasteiger partial charge in [-0.05, 0) is 19.4 Å². The summed E-state index contributed by atoms with van der Waals surface area (Å²) in [6.07, 6.45) is 6.58. The highest BCUT2D eigenvalue weighted by Crippen LogP contribution is 2.22. The van der Waals surface area contributed by atoms with Gasteiger partial charge in [0.25, 0.3) is 0 Å². The summed E-state index contributed by atoms with van der Waals surface area (Å²) in [6.45, 7) is 3.73. The monoisotopic (exact) mass is 212 g/mol. The zero-order valence-corrected chi connectivity index (χ0v) is 10.3. The number of carbonyl (C=O) groups is 1. The zero-order valence-electron chi connectivity index (χ0n) is 10.3. The molecule has 1 aliphatic carbocycles. The lowest BCUT2D eigenvalue weighted by atomic mass is 9.94. The number of carbonyl (C=O) groups excluding carboxylic acids is 1. The van der Waals surface area contributed by atoms with E-state index in [0.29, 0.717) is 12.6 Å². The Morgan fingerprint density at radius 3 is 2.27 bits per heavy atom. The topological polar surface area (TPSA) is 23.6 Å². The molecule has 15 heavy (non-hydrogen) atoms. The summed E-state index contributed by atoms with van der Waals surface area (Å²) in [5.41, 5.74) is 0. The number of likely N-dealkylation sites (N-methyl/N-ethyl adjacent to an activating group) is 2. The molecule has 1 rings (SSSR count). The molecule has 0 radical (unpaired) electrons. The van der Waals surface area contributed by atoms with Crippen LogP contribution in [-0.2, 0) is 4.79 Å². The van der Waals surface area contributed by atoms with Gasteiger partial charge in [-0.1, -0.05) is 26.2 Å². The molecule has 0 aromatic heterocycles. The lowest BCUT2D eigenvalue weighted by Gasteiger charge is -2.33. The molecule has 0 aromatic rings. The van der Waals surface area contributed by atoms with Crippen LogP contribution in [0.3, 0.4) is 0 Å². The molecule has 0 unspecified atom stereocenters. The van der Waals surface area contributed by atoms with Crippen molar-refractivity contribution < 1.29 is 4.79 Å². The van der Waals surface area contributed by atoms with Crippen molar-refractivity contribution in [1.29, 1.82) is 0 Å². The highest BCUT2D eigenvalue weighted by molar-refractivity contribution is 5.77. The Hall–Kier alpha value is -0.570. The van der Waals surface area contributed by atoms with Crippen molar-refractivity contribution in [3.8, 4) is 0 Å². The predicted octanol–water partition coefficient (Wildman–Crippen LogP) is 1.73. The standard InChI is InChI=1S/C12H24N2O/c1-4-14(10-12(15)13(2)3)11-8-6-5-7-9-11/h11H,4-10H2,1-3H3. The molecule has 0 saturated heterocycles. The molecule has 1 fully saturated rings. The van der Waals surface area contributed by atoms with Crippen LogP contribution < -0.4 is 0 Å². The minimum absolute atomic E-state index is 0.224. The first-order valence-electron chi connectivity index (χ1n) is 6.09. The third-order valence-corrected chi connectivity index (χ3v) is 3.33. The molecule has 0 bridgehead atoms. The van der Waals surface area contributed by atoms with E-state index in [2.05, 4.69) is 11.8 Å². The van der Waals surface area contributed by atoms with Crippen LogP contribution in [-0.4, -0.2) is 48.9 Å². The van der Waals surface area contributed by atoms with Gasteiger partial charge in [0.05, 0.1) is 6.54 Å². The summed E-state index contributed by atoms with van der Waals surface area (Å²) in [5.74, 6) is 0.224. The van der Waals surface area contributed by atoms with Gasteiger partial charge >= 0.3 is 0 Å². The van der Waals surface area contributed by atoms with Crippen molar-refractivity contribution >= 4 is 5.91 Å². The molecule has 0 N–H and O–H groups in total. The summed E-state index contributed by atoms with van der Waals surface area (Å²) >= 11 is 0. The highest BCUT2D eigenvalue weighted by Gasteiger charge is 2.21. The van der Waals surface area contributed by atoms with Crippen LogP contribution in [0.15, 0.2) is 0 Å². The Labute approximate surface area is 93.4 Å². The molecule has 88 valence electrons. The summed E-state index contributed by atoms with van der Waals surface area (Å²) in [5, 5.41) is 0. The lowest BCUT2D eigenvalue weighted by molar-refractivity contribution is -0.130. The largest absolute Gasteiger partial charge is 0.348 e. The second kappa shape index (κ2) is 6.11. The average molecular weight is 212 g/mol. The van der Waals surface area contributed by atoms with Gasteiger partial charge in [-0.2, -0.15) is 0 Å². The van der Waals surface area contributed by atoms with Gasteiger partial charge in [0, 0.05) is 20.1 Å². The average Bonchev–Trinajstić information content (AvgIpc) is 2.26. The Morgan fingerprint density at radius 2 is 1.80 bits per heavy atom. The van der Waals surface area contributed by atoms with Gasteiger partial charge in [0.2, 0.25) is 5.91 Å². The van der Waals surface area contributed by atoms with E-state index >= 15 is 0 Å². The first-order valence-corrected chi connectivity index (χ1v) is 6.09. The second-order valence-electron chi connectivity index (χ2n) is 4.64. The van der Waals surface area contributed by atoms with Gasteiger partial charge in [0.15, 0.2) is 0 Å². The SMILES string of the molecule is CCN(CC(=O)N(C)C)C1CCCCC1. The van der Waals surface area contributed by atoms with Gasteiger partial charge in [0.1, 0.15) is 0 Å². The van der Waals surface area contributed by atoms with Crippen molar-refractivity contribution in [1.82, 2.24) is 9.80 Å². The van der Waals surface area contributed by atoms with E-state index in [1.807, 2.05) is 14.1 Å². The molecule has 0 spiro atoms. The molecular formula is C12H24N2O. The van der Waals surface area contributed by atoms with E-state index in [1.54, 1.807) is 4.90 Å². The molecule has 1 saturated carbocycles. The number of nitrogens with zero attached hydrogens (tertiary/aromatic N) is 2. The van der Waals surface area contributed by atoms with Crippen LogP contribution >= 0.6 is 0 Å². The maximum absolute atomic E-state index is 11.6. The quantitative estimate of drug-likeness (QED) is 0.708. The van der Waals surface area contributed by atoms with E-state index in [1.165, 1.54) is 32.1 Å². The Balaban J connectivity index is 2.43. The first-order chi connectivity index (χ1) is 7.15. The molecule has 1 amide bonds. The van der Waals surface area contributed by atoms with E-state index in [0.717, 1.165) is 6.54 Å². The molecule has 1 aliphatic rings. The Bertz CT molecular complexity index is 198. The molecule has 3 nitrogen and oxygen atoms in total. The van der Waals surface area contributed by atoms with E-state index < -0.39 is 0 Å². The van der Waals surface area contributed by atoms with Gasteiger partial charge in [-0.3, -0.25) is 9.69 Å². The third kappa shape index (κ3) is 3.82. The molecule has 0 heterocycles. The maximum atomic E-state index is 11.6. The molecule has 3 heteroatoms.